The van der Waals surface area contributed by atoms with E-state index in [4.69, 9.17) is 14.2 Å². The largest absolute Gasteiger partial charge is 0.497 e. The molecule has 5 nitrogen and oxygen atoms in total. The second kappa shape index (κ2) is 4.78. The summed E-state index contributed by atoms with van der Waals surface area (Å²) >= 11 is 0. The van der Waals surface area contributed by atoms with E-state index < -0.39 is 0 Å². The van der Waals surface area contributed by atoms with E-state index >= 15 is 0 Å². The summed E-state index contributed by atoms with van der Waals surface area (Å²) in [5.74, 6) is 1.51. The summed E-state index contributed by atoms with van der Waals surface area (Å²) in [4.78, 5) is 7.10. The molecule has 1 aromatic carbocycles. The van der Waals surface area contributed by atoms with Crippen molar-refractivity contribution in [2.45, 2.75) is 0 Å². The summed E-state index contributed by atoms with van der Waals surface area (Å²) in [6.07, 6.45) is 1.69. The minimum absolute atomic E-state index is 0.463. The monoisotopic (exact) mass is 234 g/mol. The van der Waals surface area contributed by atoms with Crippen LogP contribution < -0.4 is 14.2 Å². The van der Waals surface area contributed by atoms with Gasteiger partial charge in [0.15, 0.2) is 0 Å². The SMILES string of the molecule is COc1ccc(OC)c(-c2cnc(OC)[nH]2)c1. The van der Waals surface area contributed by atoms with Crippen LogP contribution >= 0.6 is 0 Å². The van der Waals surface area contributed by atoms with Gasteiger partial charge in [0, 0.05) is 5.56 Å². The maximum atomic E-state index is 5.30. The van der Waals surface area contributed by atoms with E-state index in [1.165, 1.54) is 0 Å². The van der Waals surface area contributed by atoms with Crippen molar-refractivity contribution >= 4 is 0 Å². The molecule has 1 heterocycles. The molecule has 2 aromatic rings. The molecule has 0 spiro atoms. The van der Waals surface area contributed by atoms with E-state index in [2.05, 4.69) is 9.97 Å². The number of hydrogen-bond donors (Lipinski definition) is 1. The molecule has 90 valence electrons. The Kier molecular flexibility index (Phi) is 3.18. The highest BCUT2D eigenvalue weighted by atomic mass is 16.5. The average Bonchev–Trinajstić information content (AvgIpc) is 2.86. The smallest absolute Gasteiger partial charge is 0.293 e. The van der Waals surface area contributed by atoms with E-state index in [1.54, 1.807) is 27.5 Å². The molecule has 0 unspecified atom stereocenters. The van der Waals surface area contributed by atoms with Gasteiger partial charge < -0.3 is 19.2 Å². The van der Waals surface area contributed by atoms with E-state index in [0.29, 0.717) is 6.01 Å². The standard InChI is InChI=1S/C12H14N2O3/c1-15-8-4-5-11(16-2)9(6-8)10-7-13-12(14-10)17-3/h4-7H,1-3H3,(H,13,14). The predicted octanol–water partition coefficient (Wildman–Crippen LogP) is 2.10. The average molecular weight is 234 g/mol. The quantitative estimate of drug-likeness (QED) is 0.880. The lowest BCUT2D eigenvalue weighted by Crippen LogP contribution is -1.90. The van der Waals surface area contributed by atoms with Gasteiger partial charge >= 0.3 is 0 Å². The molecule has 1 N–H and O–H groups in total. The number of aromatic amines is 1. The Labute approximate surface area is 99.4 Å². The van der Waals surface area contributed by atoms with Crippen LogP contribution in [0.5, 0.6) is 17.5 Å². The van der Waals surface area contributed by atoms with Gasteiger partial charge in [-0.05, 0) is 18.2 Å². The normalized spacial score (nSPS) is 10.1. The Morgan fingerprint density at radius 3 is 2.47 bits per heavy atom. The first-order valence-corrected chi connectivity index (χ1v) is 5.10. The second-order valence-corrected chi connectivity index (χ2v) is 3.37. The van der Waals surface area contributed by atoms with Crippen LogP contribution in [0.3, 0.4) is 0 Å². The molecule has 17 heavy (non-hydrogen) atoms. The summed E-state index contributed by atoms with van der Waals surface area (Å²) in [6, 6.07) is 6.04. The molecule has 2 rings (SSSR count). The molecule has 0 saturated carbocycles. The summed E-state index contributed by atoms with van der Waals surface area (Å²) in [7, 11) is 4.81. The van der Waals surface area contributed by atoms with Crippen molar-refractivity contribution in [3.8, 4) is 28.8 Å². The van der Waals surface area contributed by atoms with Gasteiger partial charge in [0.25, 0.3) is 6.01 Å². The van der Waals surface area contributed by atoms with Gasteiger partial charge in [-0.1, -0.05) is 0 Å². The maximum absolute atomic E-state index is 5.30. The van der Waals surface area contributed by atoms with Crippen molar-refractivity contribution in [2.24, 2.45) is 0 Å². The lowest BCUT2D eigenvalue weighted by Gasteiger charge is -2.08. The molecule has 0 aliphatic rings. The van der Waals surface area contributed by atoms with Crippen molar-refractivity contribution in [1.82, 2.24) is 9.97 Å². The topological polar surface area (TPSA) is 56.4 Å². The highest BCUT2D eigenvalue weighted by Crippen LogP contribution is 2.32. The van der Waals surface area contributed by atoms with Crippen molar-refractivity contribution in [3.05, 3.63) is 24.4 Å². The van der Waals surface area contributed by atoms with Gasteiger partial charge in [-0.3, -0.25) is 0 Å². The molecule has 1 aromatic heterocycles. The Hall–Kier alpha value is -2.17. The lowest BCUT2D eigenvalue weighted by atomic mass is 10.1. The summed E-state index contributed by atoms with van der Waals surface area (Å²) in [5, 5.41) is 0. The fourth-order valence-electron chi connectivity index (χ4n) is 1.57. The third kappa shape index (κ3) is 2.18. The number of hydrogen-bond acceptors (Lipinski definition) is 4. The van der Waals surface area contributed by atoms with Crippen LogP contribution in [0.2, 0.25) is 0 Å². The number of benzene rings is 1. The number of H-pyrrole nitrogens is 1. The summed E-state index contributed by atoms with van der Waals surface area (Å²) in [6.45, 7) is 0. The molecule has 5 heteroatoms. The van der Waals surface area contributed by atoms with Crippen LogP contribution in [-0.2, 0) is 0 Å². The zero-order chi connectivity index (χ0) is 12.3. The van der Waals surface area contributed by atoms with Gasteiger partial charge in [-0.2, -0.15) is 0 Å². The van der Waals surface area contributed by atoms with Crippen LogP contribution in [0.4, 0.5) is 0 Å². The fourth-order valence-corrected chi connectivity index (χ4v) is 1.57. The zero-order valence-electron chi connectivity index (χ0n) is 9.98. The molecular formula is C12H14N2O3. The van der Waals surface area contributed by atoms with Crippen molar-refractivity contribution < 1.29 is 14.2 Å². The fraction of sp³-hybridized carbons (Fsp3) is 0.250. The number of nitrogens with one attached hydrogen (secondary N) is 1. The first-order chi connectivity index (χ1) is 8.28. The highest BCUT2D eigenvalue weighted by molar-refractivity contribution is 5.69. The molecule has 0 saturated heterocycles. The number of rotatable bonds is 4. The Balaban J connectivity index is 2.47. The number of ether oxygens (including phenoxy) is 3. The van der Waals surface area contributed by atoms with Crippen LogP contribution in [0.15, 0.2) is 24.4 Å². The highest BCUT2D eigenvalue weighted by Gasteiger charge is 2.10. The Morgan fingerprint density at radius 2 is 1.88 bits per heavy atom. The molecule has 0 bridgehead atoms. The van der Waals surface area contributed by atoms with Crippen LogP contribution in [-0.4, -0.2) is 31.3 Å². The summed E-state index contributed by atoms with van der Waals surface area (Å²) in [5.41, 5.74) is 1.69. The third-order valence-electron chi connectivity index (χ3n) is 2.44. The minimum Gasteiger partial charge on any atom is -0.497 e. The van der Waals surface area contributed by atoms with Gasteiger partial charge in [-0.15, -0.1) is 0 Å². The predicted molar refractivity (Wildman–Crippen MR) is 63.7 cm³/mol. The van der Waals surface area contributed by atoms with E-state index in [0.717, 1.165) is 22.8 Å². The maximum Gasteiger partial charge on any atom is 0.293 e. The molecule has 0 fully saturated rings. The van der Waals surface area contributed by atoms with Crippen LogP contribution in [0.25, 0.3) is 11.3 Å². The number of methoxy groups -OCH3 is 3. The lowest BCUT2D eigenvalue weighted by molar-refractivity contribution is 0.384. The van der Waals surface area contributed by atoms with Gasteiger partial charge in [-0.25, -0.2) is 4.98 Å². The molecule has 0 atom stereocenters. The Bertz CT molecular complexity index is 508. The van der Waals surface area contributed by atoms with Crippen molar-refractivity contribution in [3.63, 3.8) is 0 Å². The summed E-state index contributed by atoms with van der Waals surface area (Å²) < 4.78 is 15.5. The van der Waals surface area contributed by atoms with Gasteiger partial charge in [0.05, 0.1) is 33.2 Å². The molecule has 0 aliphatic carbocycles. The van der Waals surface area contributed by atoms with E-state index in [-0.39, 0.29) is 0 Å². The zero-order valence-corrected chi connectivity index (χ0v) is 9.98. The third-order valence-corrected chi connectivity index (χ3v) is 2.44. The first-order valence-electron chi connectivity index (χ1n) is 5.10. The Morgan fingerprint density at radius 1 is 1.06 bits per heavy atom. The molecular weight excluding hydrogens is 220 g/mol. The van der Waals surface area contributed by atoms with E-state index in [1.807, 2.05) is 18.2 Å². The van der Waals surface area contributed by atoms with E-state index in [9.17, 15) is 0 Å². The van der Waals surface area contributed by atoms with Gasteiger partial charge in [0.1, 0.15) is 11.5 Å². The van der Waals surface area contributed by atoms with Crippen molar-refractivity contribution in [1.29, 1.82) is 0 Å². The van der Waals surface area contributed by atoms with Gasteiger partial charge in [0.2, 0.25) is 0 Å². The first kappa shape index (κ1) is 11.3. The number of aromatic nitrogens is 2. The number of imidazole rings is 1. The van der Waals surface area contributed by atoms with Crippen LogP contribution in [0, 0.1) is 0 Å². The molecule has 0 amide bonds. The molecule has 0 aliphatic heterocycles. The van der Waals surface area contributed by atoms with Crippen LogP contribution in [0.1, 0.15) is 0 Å². The number of nitrogens with zero attached hydrogens (tertiary/aromatic N) is 1. The van der Waals surface area contributed by atoms with Crippen molar-refractivity contribution in [2.75, 3.05) is 21.3 Å². The minimum atomic E-state index is 0.463. The second-order valence-electron chi connectivity index (χ2n) is 3.37. The molecule has 0 radical (unpaired) electrons.